The zero-order chi connectivity index (χ0) is 30.8. The zero-order valence-electron chi connectivity index (χ0n) is 26.4. The first-order valence-corrected chi connectivity index (χ1v) is 16.3. The third-order valence-corrected chi connectivity index (χ3v) is 11.1. The molecule has 10 nitrogen and oxygen atoms in total. The Kier molecular flexibility index (Phi) is 7.00. The number of imidazole rings is 1. The number of benzene rings is 1. The first kappa shape index (κ1) is 28.9. The van der Waals surface area contributed by atoms with E-state index in [-0.39, 0.29) is 17.4 Å². The summed E-state index contributed by atoms with van der Waals surface area (Å²) < 4.78 is 4.23. The van der Waals surface area contributed by atoms with Gasteiger partial charge in [-0.15, -0.1) is 0 Å². The summed E-state index contributed by atoms with van der Waals surface area (Å²) in [5, 5.41) is 17.4. The van der Waals surface area contributed by atoms with Crippen molar-refractivity contribution in [2.45, 2.75) is 90.4 Å². The predicted molar refractivity (Wildman–Crippen MR) is 170 cm³/mol. The van der Waals surface area contributed by atoms with Gasteiger partial charge in [-0.25, -0.2) is 4.98 Å². The number of hydrogen-bond acceptors (Lipinski definition) is 6. The Labute approximate surface area is 259 Å². The van der Waals surface area contributed by atoms with Crippen LogP contribution in [-0.4, -0.2) is 62.0 Å². The number of nitrogens with one attached hydrogen (secondary N) is 2. The highest BCUT2D eigenvalue weighted by Gasteiger charge is 2.67. The molecule has 232 valence electrons. The van der Waals surface area contributed by atoms with Crippen molar-refractivity contribution in [3.63, 3.8) is 0 Å². The van der Waals surface area contributed by atoms with E-state index < -0.39 is 0 Å². The summed E-state index contributed by atoms with van der Waals surface area (Å²) in [5.41, 5.74) is 4.83. The number of likely N-dealkylation sites (tertiary alicyclic amines) is 1. The number of hydrogen-bond donors (Lipinski definition) is 2. The van der Waals surface area contributed by atoms with Gasteiger partial charge in [0.1, 0.15) is 11.8 Å². The van der Waals surface area contributed by atoms with E-state index >= 15 is 0 Å². The average molecular weight is 597 g/mol. The molecule has 2 atom stereocenters. The Balaban J connectivity index is 1.04. The molecule has 2 bridgehead atoms. The Morgan fingerprint density at radius 2 is 1.91 bits per heavy atom. The molecular weight excluding hydrogens is 552 g/mol. The molecule has 3 saturated carbocycles. The molecule has 10 heteroatoms. The summed E-state index contributed by atoms with van der Waals surface area (Å²) in [5.74, 6) is 2.37. The van der Waals surface area contributed by atoms with Crippen LogP contribution in [0.5, 0.6) is 0 Å². The number of rotatable bonds is 10. The molecule has 8 rings (SSSR count). The molecular formula is C34H44N8O2. The Hall–Kier alpha value is -3.84. The first-order chi connectivity index (χ1) is 21.2. The Morgan fingerprint density at radius 1 is 1.14 bits per heavy atom. The monoisotopic (exact) mass is 596 g/mol. The van der Waals surface area contributed by atoms with Gasteiger partial charge in [0.25, 0.3) is 0 Å². The molecule has 5 aliphatic rings. The van der Waals surface area contributed by atoms with E-state index in [4.69, 9.17) is 0 Å². The fourth-order valence-electron chi connectivity index (χ4n) is 8.90. The number of aromatic nitrogens is 3. The maximum Gasteiger partial charge on any atom is 0.225 e. The molecule has 2 aromatic heterocycles. The molecule has 0 radical (unpaired) electrons. The predicted octanol–water partition coefficient (Wildman–Crippen LogP) is 4.45. The van der Waals surface area contributed by atoms with Crippen molar-refractivity contribution in [3.8, 4) is 6.07 Å². The van der Waals surface area contributed by atoms with E-state index in [9.17, 15) is 14.9 Å². The lowest BCUT2D eigenvalue weighted by atomic mass is 9.38. The van der Waals surface area contributed by atoms with Gasteiger partial charge in [0, 0.05) is 68.6 Å². The van der Waals surface area contributed by atoms with Crippen LogP contribution in [0.1, 0.15) is 75.6 Å². The smallest absolute Gasteiger partial charge is 0.225 e. The van der Waals surface area contributed by atoms with Gasteiger partial charge in [-0.05, 0) is 80.2 Å². The standard InChI is InChI=1S/C34H44N8O2/c1-5-29(43)37-31-32(39(4)21-36-31)41-16-24-9-11-40(28(24)17-41)15-23-7-8-27-26(22(23)3)13-25(14-35)42(27)12-10-33-18-34(19-33,20-33)38-30(44)6-2/h7-8,13,21,24,28H,5-6,9-12,15-20H2,1-4H3,(H,37,43)(H,38,44). The second-order valence-electron chi connectivity index (χ2n) is 14.0. The fourth-order valence-corrected chi connectivity index (χ4v) is 8.90. The van der Waals surface area contributed by atoms with Gasteiger partial charge in [-0.1, -0.05) is 19.9 Å². The number of fused-ring (bicyclic) bond motifs is 2. The fraction of sp³-hybridized carbons (Fsp3) is 0.588. The van der Waals surface area contributed by atoms with E-state index in [0.717, 1.165) is 81.9 Å². The molecule has 0 spiro atoms. The number of anilines is 2. The van der Waals surface area contributed by atoms with E-state index in [1.165, 1.54) is 16.5 Å². The van der Waals surface area contributed by atoms with Crippen LogP contribution in [-0.2, 0) is 29.7 Å². The summed E-state index contributed by atoms with van der Waals surface area (Å²) >= 11 is 0. The van der Waals surface area contributed by atoms with E-state index in [0.29, 0.717) is 36.0 Å². The average Bonchev–Trinajstić information content (AvgIpc) is 3.73. The van der Waals surface area contributed by atoms with Crippen LogP contribution in [0, 0.1) is 29.6 Å². The van der Waals surface area contributed by atoms with Gasteiger partial charge in [-0.2, -0.15) is 5.26 Å². The van der Waals surface area contributed by atoms with Gasteiger partial charge < -0.3 is 24.7 Å². The second-order valence-corrected chi connectivity index (χ2v) is 14.0. The minimum absolute atomic E-state index is 0.0181. The third kappa shape index (κ3) is 4.68. The van der Waals surface area contributed by atoms with Crippen molar-refractivity contribution in [2.24, 2.45) is 18.4 Å². The molecule has 2 amide bonds. The first-order valence-electron chi connectivity index (χ1n) is 16.3. The summed E-state index contributed by atoms with van der Waals surface area (Å²) in [6, 6.07) is 9.48. The van der Waals surface area contributed by atoms with Gasteiger partial charge in [0.05, 0.1) is 6.33 Å². The van der Waals surface area contributed by atoms with Gasteiger partial charge in [0.2, 0.25) is 11.8 Å². The molecule has 4 heterocycles. The topological polar surface area (TPSA) is 111 Å². The molecule has 2 unspecified atom stereocenters. The summed E-state index contributed by atoms with van der Waals surface area (Å²) in [4.78, 5) is 33.5. The Morgan fingerprint density at radius 3 is 2.64 bits per heavy atom. The highest BCUT2D eigenvalue weighted by atomic mass is 16.2. The lowest BCUT2D eigenvalue weighted by molar-refractivity contribution is -0.169. The molecule has 2 N–H and O–H groups in total. The molecule has 2 aliphatic heterocycles. The van der Waals surface area contributed by atoms with Crippen molar-refractivity contribution in [2.75, 3.05) is 29.9 Å². The van der Waals surface area contributed by atoms with Crippen molar-refractivity contribution >= 4 is 34.4 Å². The highest BCUT2D eigenvalue weighted by molar-refractivity contribution is 5.92. The molecule has 2 saturated heterocycles. The SMILES string of the molecule is CCC(=O)Nc1ncn(C)c1N1CC2CCN(Cc3ccc4c(cc(C#N)n4CCC45CC(NC(=O)CC)(C4)C5)c3C)C2C1. The number of nitrogens with zero attached hydrogens (tertiary/aromatic N) is 6. The number of carbonyl (C=O) groups is 2. The summed E-state index contributed by atoms with van der Waals surface area (Å²) in [6.45, 7) is 10.7. The van der Waals surface area contributed by atoms with Crippen LogP contribution in [0.3, 0.4) is 0 Å². The van der Waals surface area contributed by atoms with Crippen LogP contribution < -0.4 is 15.5 Å². The number of nitriles is 1. The maximum atomic E-state index is 12.1. The molecule has 3 aliphatic carbocycles. The Bertz CT molecular complexity index is 1660. The van der Waals surface area contributed by atoms with Crippen LogP contribution in [0.4, 0.5) is 11.6 Å². The molecule has 3 aromatic rings. The van der Waals surface area contributed by atoms with Crippen molar-refractivity contribution in [3.05, 3.63) is 41.3 Å². The molecule has 44 heavy (non-hydrogen) atoms. The van der Waals surface area contributed by atoms with Gasteiger partial charge >= 0.3 is 0 Å². The van der Waals surface area contributed by atoms with E-state index in [1.54, 1.807) is 6.33 Å². The van der Waals surface area contributed by atoms with E-state index in [1.807, 2.05) is 25.5 Å². The molecule has 1 aromatic carbocycles. The van der Waals surface area contributed by atoms with Gasteiger partial charge in [0.15, 0.2) is 11.6 Å². The maximum absolute atomic E-state index is 12.1. The lowest BCUT2D eigenvalue weighted by Gasteiger charge is -2.71. The largest absolute Gasteiger partial charge is 0.353 e. The van der Waals surface area contributed by atoms with Crippen molar-refractivity contribution in [1.82, 2.24) is 24.3 Å². The van der Waals surface area contributed by atoms with Crippen LogP contribution >= 0.6 is 0 Å². The second kappa shape index (κ2) is 10.7. The molecule has 5 fully saturated rings. The highest BCUT2D eigenvalue weighted by Crippen LogP contribution is 2.69. The van der Waals surface area contributed by atoms with Crippen LogP contribution in [0.2, 0.25) is 0 Å². The zero-order valence-corrected chi connectivity index (χ0v) is 26.4. The minimum Gasteiger partial charge on any atom is -0.353 e. The van der Waals surface area contributed by atoms with Crippen LogP contribution in [0.15, 0.2) is 24.5 Å². The normalized spacial score (nSPS) is 27.1. The van der Waals surface area contributed by atoms with Crippen molar-refractivity contribution in [1.29, 1.82) is 5.26 Å². The van der Waals surface area contributed by atoms with E-state index in [2.05, 4.69) is 61.2 Å². The number of aryl methyl sites for hydroxylation is 3. The number of amides is 2. The lowest BCUT2D eigenvalue weighted by Crippen LogP contribution is -2.74. The number of carbonyl (C=O) groups excluding carboxylic acids is 2. The van der Waals surface area contributed by atoms with Gasteiger partial charge in [-0.3, -0.25) is 14.5 Å². The van der Waals surface area contributed by atoms with Crippen LogP contribution in [0.25, 0.3) is 10.9 Å². The van der Waals surface area contributed by atoms with Crippen molar-refractivity contribution < 1.29 is 9.59 Å². The third-order valence-electron chi connectivity index (χ3n) is 11.1. The quantitative estimate of drug-likeness (QED) is 0.358. The minimum atomic E-state index is -0.0181. The summed E-state index contributed by atoms with van der Waals surface area (Å²) in [7, 11) is 1.99. The summed E-state index contributed by atoms with van der Waals surface area (Å²) in [6.07, 6.45) is 8.17.